The van der Waals surface area contributed by atoms with E-state index in [2.05, 4.69) is 4.90 Å². The molecule has 84 valence electrons. The van der Waals surface area contributed by atoms with Gasteiger partial charge in [0.05, 0.1) is 6.42 Å². The van der Waals surface area contributed by atoms with Crippen LogP contribution in [0.25, 0.3) is 0 Å². The highest BCUT2D eigenvalue weighted by Crippen LogP contribution is 1.89. The Morgan fingerprint density at radius 3 is 2.07 bits per heavy atom. The lowest BCUT2D eigenvalue weighted by Gasteiger charge is -2.20. The lowest BCUT2D eigenvalue weighted by atomic mass is 10.4. The number of hydrogen-bond donors (Lipinski definition) is 2. The van der Waals surface area contributed by atoms with E-state index in [1.165, 1.54) is 0 Å². The van der Waals surface area contributed by atoms with Gasteiger partial charge in [-0.2, -0.15) is 0 Å². The largest absolute Gasteiger partial charge is 0.481 e. The summed E-state index contributed by atoms with van der Waals surface area (Å²) >= 11 is 0. The van der Waals surface area contributed by atoms with Crippen LogP contribution < -0.4 is 5.73 Å². The van der Waals surface area contributed by atoms with E-state index < -0.39 is 5.97 Å². The monoisotopic (exact) mass is 203 g/mol. The zero-order valence-corrected chi connectivity index (χ0v) is 9.07. The lowest BCUT2D eigenvalue weighted by Crippen LogP contribution is -2.34. The van der Waals surface area contributed by atoms with Crippen LogP contribution in [0.5, 0.6) is 0 Å². The predicted octanol–water partition coefficient (Wildman–Crippen LogP) is -0.717. The van der Waals surface area contributed by atoms with E-state index in [-0.39, 0.29) is 6.42 Å². The van der Waals surface area contributed by atoms with Gasteiger partial charge in [0.2, 0.25) is 0 Å². The van der Waals surface area contributed by atoms with Crippen molar-refractivity contribution in [3.8, 4) is 0 Å². The molecule has 0 heterocycles. The first-order chi connectivity index (χ1) is 6.56. The molecular weight excluding hydrogens is 182 g/mol. The molecule has 0 saturated heterocycles. The summed E-state index contributed by atoms with van der Waals surface area (Å²) in [6, 6.07) is 0. The number of nitrogens with two attached hydrogens (primary N) is 1. The van der Waals surface area contributed by atoms with Crippen LogP contribution in [0.15, 0.2) is 0 Å². The third-order valence-corrected chi connectivity index (χ3v) is 2.08. The molecule has 0 unspecified atom stereocenters. The summed E-state index contributed by atoms with van der Waals surface area (Å²) in [5.41, 5.74) is 5.40. The van der Waals surface area contributed by atoms with Gasteiger partial charge in [-0.05, 0) is 14.1 Å². The van der Waals surface area contributed by atoms with Crippen LogP contribution in [-0.2, 0) is 4.79 Å². The van der Waals surface area contributed by atoms with Crippen LogP contribution in [0.1, 0.15) is 6.42 Å². The minimum atomic E-state index is -0.743. The Bertz CT molecular complexity index is 164. The van der Waals surface area contributed by atoms with Gasteiger partial charge >= 0.3 is 5.97 Å². The van der Waals surface area contributed by atoms with Gasteiger partial charge in [-0.25, -0.2) is 0 Å². The second kappa shape index (κ2) is 7.73. The van der Waals surface area contributed by atoms with Gasteiger partial charge in [-0.15, -0.1) is 0 Å². The van der Waals surface area contributed by atoms with Crippen molar-refractivity contribution in [3.05, 3.63) is 0 Å². The number of rotatable bonds is 8. The summed E-state index contributed by atoms with van der Waals surface area (Å²) < 4.78 is 0. The van der Waals surface area contributed by atoms with Crippen molar-refractivity contribution >= 4 is 5.97 Å². The van der Waals surface area contributed by atoms with Crippen molar-refractivity contribution in [2.24, 2.45) is 5.73 Å². The maximum absolute atomic E-state index is 10.3. The fourth-order valence-corrected chi connectivity index (χ4v) is 1.07. The Labute approximate surface area is 85.5 Å². The Morgan fingerprint density at radius 2 is 1.64 bits per heavy atom. The highest BCUT2D eigenvalue weighted by Gasteiger charge is 2.03. The number of carboxylic acid groups (broad SMARTS) is 1. The van der Waals surface area contributed by atoms with Crippen molar-refractivity contribution < 1.29 is 9.90 Å². The van der Waals surface area contributed by atoms with Gasteiger partial charge in [0, 0.05) is 32.7 Å². The average Bonchev–Trinajstić information content (AvgIpc) is 2.12. The summed E-state index contributed by atoms with van der Waals surface area (Å²) in [5, 5.41) is 8.47. The quantitative estimate of drug-likeness (QED) is 0.545. The number of carboxylic acids is 1. The fourth-order valence-electron chi connectivity index (χ4n) is 1.07. The predicted molar refractivity (Wildman–Crippen MR) is 56.3 cm³/mol. The summed E-state index contributed by atoms with van der Waals surface area (Å²) in [6.45, 7) is 3.95. The number of aliphatic carboxylic acids is 1. The van der Waals surface area contributed by atoms with Crippen molar-refractivity contribution in [1.82, 2.24) is 9.80 Å². The zero-order valence-electron chi connectivity index (χ0n) is 9.07. The van der Waals surface area contributed by atoms with Crippen LogP contribution in [0.2, 0.25) is 0 Å². The maximum atomic E-state index is 10.3. The normalized spacial score (nSPS) is 11.2. The molecule has 0 aliphatic carbocycles. The number of likely N-dealkylation sites (N-methyl/N-ethyl adjacent to an activating group) is 2. The van der Waals surface area contributed by atoms with E-state index in [0.717, 1.165) is 19.6 Å². The van der Waals surface area contributed by atoms with Crippen molar-refractivity contribution in [3.63, 3.8) is 0 Å². The van der Waals surface area contributed by atoms with Gasteiger partial charge in [0.15, 0.2) is 0 Å². The average molecular weight is 203 g/mol. The molecule has 0 amide bonds. The fraction of sp³-hybridized carbons (Fsp3) is 0.889. The molecule has 0 aromatic heterocycles. The standard InChI is InChI=1S/C9H21N3O2/c1-11(5-3-9(13)14)7-8-12(2)6-4-10/h3-8,10H2,1-2H3,(H,13,14). The lowest BCUT2D eigenvalue weighted by molar-refractivity contribution is -0.137. The Balaban J connectivity index is 3.42. The molecule has 0 aromatic carbocycles. The topological polar surface area (TPSA) is 69.8 Å². The van der Waals surface area contributed by atoms with Crippen LogP contribution >= 0.6 is 0 Å². The molecule has 0 spiro atoms. The Morgan fingerprint density at radius 1 is 1.14 bits per heavy atom. The number of carbonyl (C=O) groups is 1. The molecule has 0 radical (unpaired) electrons. The summed E-state index contributed by atoms with van der Waals surface area (Å²) in [6.07, 6.45) is 0.205. The summed E-state index contributed by atoms with van der Waals surface area (Å²) in [7, 11) is 3.94. The minimum Gasteiger partial charge on any atom is -0.481 e. The molecule has 0 atom stereocenters. The van der Waals surface area contributed by atoms with Gasteiger partial charge in [0.1, 0.15) is 0 Å². The molecule has 0 rings (SSSR count). The highest BCUT2D eigenvalue weighted by molar-refractivity contribution is 5.66. The third-order valence-electron chi connectivity index (χ3n) is 2.08. The van der Waals surface area contributed by atoms with Crippen LogP contribution in [-0.4, -0.2) is 67.7 Å². The van der Waals surface area contributed by atoms with Gasteiger partial charge < -0.3 is 20.6 Å². The van der Waals surface area contributed by atoms with Gasteiger partial charge in [0.25, 0.3) is 0 Å². The maximum Gasteiger partial charge on any atom is 0.304 e. The number of hydrogen-bond acceptors (Lipinski definition) is 4. The van der Waals surface area contributed by atoms with E-state index in [9.17, 15) is 4.79 Å². The van der Waals surface area contributed by atoms with Crippen LogP contribution in [0.4, 0.5) is 0 Å². The second-order valence-electron chi connectivity index (χ2n) is 3.54. The Hall–Kier alpha value is -0.650. The smallest absolute Gasteiger partial charge is 0.304 e. The first-order valence-electron chi connectivity index (χ1n) is 4.85. The van der Waals surface area contributed by atoms with Crippen LogP contribution in [0.3, 0.4) is 0 Å². The molecule has 0 bridgehead atoms. The molecule has 0 fully saturated rings. The van der Waals surface area contributed by atoms with E-state index in [0.29, 0.717) is 13.1 Å². The first-order valence-corrected chi connectivity index (χ1v) is 4.85. The van der Waals surface area contributed by atoms with E-state index >= 15 is 0 Å². The summed E-state index contributed by atoms with van der Waals surface area (Å²) in [5.74, 6) is -0.743. The van der Waals surface area contributed by atoms with Crippen molar-refractivity contribution in [2.75, 3.05) is 46.8 Å². The molecule has 5 nitrogen and oxygen atoms in total. The minimum absolute atomic E-state index is 0.205. The second-order valence-corrected chi connectivity index (χ2v) is 3.54. The van der Waals surface area contributed by atoms with E-state index in [1.807, 2.05) is 19.0 Å². The highest BCUT2D eigenvalue weighted by atomic mass is 16.4. The van der Waals surface area contributed by atoms with Crippen molar-refractivity contribution in [1.29, 1.82) is 0 Å². The molecule has 5 heteroatoms. The van der Waals surface area contributed by atoms with E-state index in [1.54, 1.807) is 0 Å². The third kappa shape index (κ3) is 7.97. The van der Waals surface area contributed by atoms with E-state index in [4.69, 9.17) is 10.8 Å². The SMILES string of the molecule is CN(CCN)CCN(C)CCC(=O)O. The molecule has 0 saturated carbocycles. The Kier molecular flexibility index (Phi) is 7.37. The molecule has 0 aliphatic rings. The first kappa shape index (κ1) is 13.4. The molecule has 14 heavy (non-hydrogen) atoms. The molecular formula is C9H21N3O2. The summed E-state index contributed by atoms with van der Waals surface area (Å²) in [4.78, 5) is 14.4. The van der Waals surface area contributed by atoms with Crippen LogP contribution in [0, 0.1) is 0 Å². The number of nitrogens with zero attached hydrogens (tertiary/aromatic N) is 2. The molecule has 3 N–H and O–H groups in total. The van der Waals surface area contributed by atoms with Crippen molar-refractivity contribution in [2.45, 2.75) is 6.42 Å². The van der Waals surface area contributed by atoms with Gasteiger partial charge in [-0.3, -0.25) is 4.79 Å². The molecule has 0 aliphatic heterocycles. The molecule has 0 aromatic rings. The van der Waals surface area contributed by atoms with Gasteiger partial charge in [-0.1, -0.05) is 0 Å². The zero-order chi connectivity index (χ0) is 11.0.